The van der Waals surface area contributed by atoms with Crippen LogP contribution in [-0.2, 0) is 28.6 Å². The van der Waals surface area contributed by atoms with Crippen LogP contribution >= 0.6 is 47.8 Å². The van der Waals surface area contributed by atoms with Crippen molar-refractivity contribution < 1.29 is 198 Å². The summed E-state index contributed by atoms with van der Waals surface area (Å²) in [5, 5.41) is 13.5. The van der Waals surface area contributed by atoms with E-state index in [1.807, 2.05) is 5.32 Å². The van der Waals surface area contributed by atoms with E-state index in [1.165, 1.54) is 12.8 Å². The Morgan fingerprint density at radius 2 is 0.939 bits per heavy atom. The number of hydrogen-bond acceptors (Lipinski definition) is 11. The number of nitrogens with one attached hydrogen (secondary N) is 1. The Morgan fingerprint density at radius 1 is 0.694 bits per heavy atom. The fraction of sp³-hybridized carbons (Fsp3) is 0.833. The third-order valence-electron chi connectivity index (χ3n) is 3.55. The van der Waals surface area contributed by atoms with Crippen LogP contribution < -0.4 is 148 Å². The normalized spacial score (nSPS) is 10.4. The Hall–Kier alpha value is 2.38. The molecule has 49 heavy (non-hydrogen) atoms. The van der Waals surface area contributed by atoms with E-state index in [9.17, 15) is 23.6 Å². The predicted molar refractivity (Wildman–Crippen MR) is 190 cm³/mol. The van der Waals surface area contributed by atoms with Crippen LogP contribution in [-0.4, -0.2) is 87.8 Å². The first kappa shape index (κ1) is 63.3. The largest absolute Gasteiger partial charge is 1.00 e. The third kappa shape index (κ3) is 62.7. The molecular weight excluding hydrogens is 1090 g/mol. The van der Waals surface area contributed by atoms with Crippen LogP contribution in [0.25, 0.3) is 0 Å². The van der Waals surface area contributed by atoms with E-state index in [-0.39, 0.29) is 152 Å². The summed E-state index contributed by atoms with van der Waals surface area (Å²) in [5.41, 5.74) is -2.56. The fourth-order valence-corrected chi connectivity index (χ4v) is 3.32. The van der Waals surface area contributed by atoms with Crippen molar-refractivity contribution >= 4 is 78.6 Å². The number of unbranched alkanes of at least 4 members (excludes halogenated alkanes) is 2. The molecule has 0 aromatic heterocycles. The van der Waals surface area contributed by atoms with Crippen molar-refractivity contribution in [3.63, 3.8) is 0 Å². The van der Waals surface area contributed by atoms with Gasteiger partial charge >= 0.3 is 162 Å². The maximum Gasteiger partial charge on any atom is 1.00 e. The van der Waals surface area contributed by atoms with Crippen molar-refractivity contribution in [3.05, 3.63) is 0 Å². The van der Waals surface area contributed by atoms with Gasteiger partial charge in [0.05, 0.1) is 8.52 Å². The van der Waals surface area contributed by atoms with Crippen molar-refractivity contribution in [2.24, 2.45) is 0 Å². The van der Waals surface area contributed by atoms with Crippen LogP contribution in [0, 0.1) is 0 Å². The van der Waals surface area contributed by atoms with E-state index in [1.54, 1.807) is 83.1 Å². The summed E-state index contributed by atoms with van der Waals surface area (Å²) in [6.07, 6.45) is 1.18. The van der Waals surface area contributed by atoms with Gasteiger partial charge in [0, 0.05) is 22.5 Å². The first-order valence-corrected chi connectivity index (χ1v) is 17.8. The number of amides is 4. The van der Waals surface area contributed by atoms with Crippen LogP contribution in [0.1, 0.15) is 112 Å². The van der Waals surface area contributed by atoms with Gasteiger partial charge in [-0.2, -0.15) is 0 Å². The molecule has 1 N–H and O–H groups in total. The monoisotopic (exact) mass is 1140 g/mol. The molecule has 0 aliphatic carbocycles. The number of halogens is 4. The second-order valence-corrected chi connectivity index (χ2v) is 15.3. The number of carbonyl (C=O) groups is 5. The zero-order valence-corrected chi connectivity index (χ0v) is 49.2. The molecule has 13 nitrogen and oxygen atoms in total. The molecule has 0 bridgehead atoms. The van der Waals surface area contributed by atoms with Crippen molar-refractivity contribution in [3.8, 4) is 0 Å². The molecule has 284 valence electrons. The molecule has 19 heteroatoms. The molecule has 0 radical (unpaired) electrons. The maximum absolute atomic E-state index is 12.1. The van der Waals surface area contributed by atoms with E-state index < -0.39 is 53.9 Å². The Labute approximate surface area is 439 Å². The van der Waals surface area contributed by atoms with Crippen molar-refractivity contribution in [1.82, 2.24) is 10.2 Å². The van der Waals surface area contributed by atoms with Gasteiger partial charge in [-0.1, -0.05) is 47.8 Å². The second-order valence-electron chi connectivity index (χ2n) is 12.9. The molecule has 0 aromatic rings. The minimum absolute atomic E-state index is 0. The average Bonchev–Trinajstić information content (AvgIpc) is 2.86. The minimum atomic E-state index is -1.00. The average molecular weight is 1150 g/mol. The van der Waals surface area contributed by atoms with Gasteiger partial charge in [0.15, 0.2) is 0 Å². The summed E-state index contributed by atoms with van der Waals surface area (Å²) in [6.45, 7) is 20.9. The van der Waals surface area contributed by atoms with Gasteiger partial charge in [-0.3, -0.25) is 9.18 Å². The Bertz CT molecular complexity index is 822. The molecule has 4 amide bonds. The van der Waals surface area contributed by atoms with Crippen LogP contribution in [0.15, 0.2) is 0 Å². The Kier molecular flexibility index (Phi) is 50.0. The number of ether oxygens (including phenoxy) is 4. The molecule has 0 aliphatic heterocycles. The summed E-state index contributed by atoms with van der Waals surface area (Å²) in [4.78, 5) is 58.7. The SMILES string of the molecule is BrCCCCBr.CC(C)(C)OC(=O)N(CCCCBr)C(=O)OC(C)(C)C.CC(C)(C)OC(=O)NC(=O)OC(C)(C)C.O=CO[O-].[2H]CF.[Cs+].[Cs+].[H-]. The predicted octanol–water partition coefficient (Wildman–Crippen LogP) is 2.48. The van der Waals surface area contributed by atoms with Gasteiger partial charge in [-0.05, 0) is 109 Å². The van der Waals surface area contributed by atoms with Gasteiger partial charge in [0.1, 0.15) is 22.4 Å². The molecule has 0 saturated heterocycles. The molecule has 0 atom stereocenters. The first-order valence-electron chi connectivity index (χ1n) is 15.1. The number of nitrogens with zero attached hydrogens (tertiary/aromatic N) is 1. The smallest absolute Gasteiger partial charge is 1.00 e. The zero-order chi connectivity index (χ0) is 39.2. The first-order chi connectivity index (χ1) is 21.7. The molecule has 0 heterocycles. The van der Waals surface area contributed by atoms with E-state index in [0.717, 1.165) is 27.3 Å². The maximum atomic E-state index is 12.1. The Morgan fingerprint density at radius 3 is 1.14 bits per heavy atom. The molecule has 0 aromatic carbocycles. The molecule has 0 saturated carbocycles. The summed E-state index contributed by atoms with van der Waals surface area (Å²) in [6, 6.07) is 0. The number of rotatable bonds is 8. The van der Waals surface area contributed by atoms with Crippen molar-refractivity contribution in [2.75, 3.05) is 29.7 Å². The summed E-state index contributed by atoms with van der Waals surface area (Å²) in [5.74, 6) is 0. The van der Waals surface area contributed by atoms with E-state index >= 15 is 0 Å². The van der Waals surface area contributed by atoms with E-state index in [4.69, 9.17) is 30.4 Å². The van der Waals surface area contributed by atoms with Crippen molar-refractivity contribution in [2.45, 2.75) is 131 Å². The number of alkyl halides is 4. The number of hydrogen-bond donors (Lipinski definition) is 1. The van der Waals surface area contributed by atoms with Crippen LogP contribution in [0.3, 0.4) is 0 Å². The number of imide groups is 2. The van der Waals surface area contributed by atoms with Crippen LogP contribution in [0.5, 0.6) is 0 Å². The molecule has 0 rings (SSSR count). The number of carbonyl (C=O) groups excluding carboxylic acids is 5. The standard InChI is InChI=1S/C14H26BrNO4.C10H19NO4.C4H8Br2.CH3F.CH2O3.2Cs.H/c1-13(2,3)19-11(17)16(10-8-7-9-15)12(18)20-14(4,5)6;1-9(2,3)14-7(12)11-8(13)15-10(4,5)6;5-3-1-2-4-6;1-2;2-1-4-3;;;/h7-10H2,1-6H3;1-6H3,(H,11,12,13);1-4H2;1H3;1,3H;;;/q;;;;;2*+1;-1/p-1/i;;;1D;;;;. The third-order valence-corrected chi connectivity index (χ3v) is 5.23. The molecular formula is C30H58Br3Cs2FN2O11. The number of alkyl carbamates (subject to hydrolysis) is 2. The van der Waals surface area contributed by atoms with Crippen molar-refractivity contribution in [1.29, 1.82) is 0 Å². The van der Waals surface area contributed by atoms with Gasteiger partial charge in [0.25, 0.3) is 6.47 Å². The molecule has 0 aliphatic rings. The van der Waals surface area contributed by atoms with E-state index in [2.05, 4.69) is 52.7 Å². The van der Waals surface area contributed by atoms with E-state index in [0.29, 0.717) is 6.42 Å². The summed E-state index contributed by atoms with van der Waals surface area (Å²) < 4.78 is 35.7. The topological polar surface area (TPSA) is 170 Å². The molecule has 0 spiro atoms. The summed E-state index contributed by atoms with van der Waals surface area (Å²) >= 11 is 9.98. The zero-order valence-electron chi connectivity index (χ0n) is 33.9. The van der Waals surface area contributed by atoms with Crippen LogP contribution in [0.2, 0.25) is 0 Å². The van der Waals surface area contributed by atoms with Crippen LogP contribution in [0.4, 0.5) is 23.6 Å². The molecule has 0 fully saturated rings. The van der Waals surface area contributed by atoms with Gasteiger partial charge in [-0.25, -0.2) is 29.4 Å². The second kappa shape index (κ2) is 38.7. The van der Waals surface area contributed by atoms with Gasteiger partial charge < -0.3 is 30.5 Å². The Balaban J connectivity index is -0.0000000873. The van der Waals surface area contributed by atoms with Gasteiger partial charge in [0.2, 0.25) is 0 Å². The quantitative estimate of drug-likeness (QED) is 0.0948. The minimum Gasteiger partial charge on any atom is -1.00 e. The van der Waals surface area contributed by atoms with Gasteiger partial charge in [-0.15, -0.1) is 0 Å². The molecule has 0 unspecified atom stereocenters. The summed E-state index contributed by atoms with van der Waals surface area (Å²) in [7, 11) is -1.00. The fourth-order valence-electron chi connectivity index (χ4n) is 2.14.